The van der Waals surface area contributed by atoms with Crippen molar-refractivity contribution in [2.24, 2.45) is 23.7 Å². The third kappa shape index (κ3) is 3.57. The number of non-ortho nitro benzene ring substituents is 1. The normalized spacial score (nSPS) is 25.5. The van der Waals surface area contributed by atoms with Gasteiger partial charge in [-0.2, -0.15) is 5.01 Å². The largest absolute Gasteiger partial charge is 0.273 e. The van der Waals surface area contributed by atoms with Crippen molar-refractivity contribution in [1.82, 2.24) is 10.0 Å². The average Bonchev–Trinajstić information content (AvgIpc) is 3.47. The van der Waals surface area contributed by atoms with E-state index in [0.717, 1.165) is 29.3 Å². The van der Waals surface area contributed by atoms with Crippen molar-refractivity contribution >= 4 is 46.6 Å². The highest BCUT2D eigenvalue weighted by atomic mass is 35.5. The smallest absolute Gasteiger partial charge is 0.272 e. The fourth-order valence-corrected chi connectivity index (χ4v) is 6.02. The minimum absolute atomic E-state index is 0.117. The molecule has 10 heteroatoms. The first-order valence-electron chi connectivity index (χ1n) is 10.6. The average molecular weight is 488 g/mol. The standard InChI is InChI=1S/C23H19Cl2N3O5/c24-16-6-3-15(18(25)10-16)11-26(21(29)12-4-7-17(8-5-12)28(32)33)27-22(30)19-13-1-2-14(9-13)20(19)23(27)31/h3-8,10,13-14,19-20H,1-2,9,11H2/t13-,14-,19+,20+/m0/s1. The Kier molecular flexibility index (Phi) is 5.37. The lowest BCUT2D eigenvalue weighted by Gasteiger charge is -2.31. The van der Waals surface area contributed by atoms with Crippen molar-refractivity contribution < 1.29 is 19.3 Å². The first-order chi connectivity index (χ1) is 15.8. The van der Waals surface area contributed by atoms with Crippen molar-refractivity contribution in [3.63, 3.8) is 0 Å². The quantitative estimate of drug-likeness (QED) is 0.351. The number of nitro groups is 1. The number of carbonyl (C=O) groups is 3. The van der Waals surface area contributed by atoms with Gasteiger partial charge in [-0.3, -0.25) is 24.5 Å². The molecule has 1 saturated heterocycles. The van der Waals surface area contributed by atoms with Crippen molar-refractivity contribution in [2.75, 3.05) is 0 Å². The van der Waals surface area contributed by atoms with Crippen LogP contribution in [-0.2, 0) is 16.1 Å². The zero-order chi connectivity index (χ0) is 23.4. The van der Waals surface area contributed by atoms with E-state index in [1.165, 1.54) is 30.3 Å². The summed E-state index contributed by atoms with van der Waals surface area (Å²) in [5.41, 5.74) is 0.460. The Labute approximate surface area is 199 Å². The van der Waals surface area contributed by atoms with Gasteiger partial charge in [0.2, 0.25) is 0 Å². The first-order valence-corrected chi connectivity index (χ1v) is 11.4. The highest BCUT2D eigenvalue weighted by molar-refractivity contribution is 6.35. The fraction of sp³-hybridized carbons (Fsp3) is 0.348. The van der Waals surface area contributed by atoms with Crippen LogP contribution in [0.15, 0.2) is 42.5 Å². The maximum absolute atomic E-state index is 13.5. The van der Waals surface area contributed by atoms with Crippen LogP contribution >= 0.6 is 23.2 Å². The number of nitro benzene ring substituents is 1. The number of amides is 3. The minimum atomic E-state index is -0.620. The molecule has 0 spiro atoms. The van der Waals surface area contributed by atoms with Crippen LogP contribution < -0.4 is 0 Å². The summed E-state index contributed by atoms with van der Waals surface area (Å²) in [5.74, 6) is -1.82. The topological polar surface area (TPSA) is 101 Å². The number of imide groups is 1. The molecule has 2 aromatic carbocycles. The Balaban J connectivity index is 1.52. The van der Waals surface area contributed by atoms with E-state index in [1.54, 1.807) is 12.1 Å². The van der Waals surface area contributed by atoms with Crippen molar-refractivity contribution in [3.8, 4) is 0 Å². The molecular formula is C23H19Cl2N3O5. The lowest BCUT2D eigenvalue weighted by atomic mass is 9.81. The monoisotopic (exact) mass is 487 g/mol. The summed E-state index contributed by atoms with van der Waals surface area (Å²) in [6.07, 6.45) is 2.70. The molecule has 3 fully saturated rings. The molecule has 8 nitrogen and oxygen atoms in total. The van der Waals surface area contributed by atoms with Crippen LogP contribution in [0, 0.1) is 33.8 Å². The van der Waals surface area contributed by atoms with Gasteiger partial charge in [0.1, 0.15) is 0 Å². The van der Waals surface area contributed by atoms with E-state index in [9.17, 15) is 24.5 Å². The van der Waals surface area contributed by atoms with E-state index in [1.807, 2.05) is 0 Å². The molecule has 0 aromatic heterocycles. The number of carbonyl (C=O) groups excluding carboxylic acids is 3. The summed E-state index contributed by atoms with van der Waals surface area (Å²) >= 11 is 12.3. The molecule has 2 bridgehead atoms. The van der Waals surface area contributed by atoms with E-state index < -0.39 is 22.7 Å². The van der Waals surface area contributed by atoms with Crippen molar-refractivity contribution in [3.05, 3.63) is 73.8 Å². The van der Waals surface area contributed by atoms with Gasteiger partial charge >= 0.3 is 0 Å². The maximum atomic E-state index is 13.5. The SMILES string of the molecule is O=C(c1ccc([N+](=O)[O-])cc1)N(Cc1ccc(Cl)cc1Cl)N1C(=O)[C@@H]2[C@H]3CC[C@@H](C3)[C@H]2C1=O. The molecule has 3 aliphatic rings. The minimum Gasteiger partial charge on any atom is -0.272 e. The van der Waals surface area contributed by atoms with Crippen LogP contribution in [0.3, 0.4) is 0 Å². The van der Waals surface area contributed by atoms with Gasteiger partial charge in [0, 0.05) is 27.7 Å². The highest BCUT2D eigenvalue weighted by Crippen LogP contribution is 2.56. The molecule has 3 amide bonds. The number of hydrogen-bond acceptors (Lipinski definition) is 5. The van der Waals surface area contributed by atoms with Crippen LogP contribution in [0.2, 0.25) is 10.0 Å². The predicted molar refractivity (Wildman–Crippen MR) is 119 cm³/mol. The van der Waals surface area contributed by atoms with Gasteiger partial charge in [-0.15, -0.1) is 0 Å². The van der Waals surface area contributed by atoms with Crippen LogP contribution in [0.4, 0.5) is 5.69 Å². The van der Waals surface area contributed by atoms with Gasteiger partial charge in [0.05, 0.1) is 23.3 Å². The Bertz CT molecular complexity index is 1160. The molecule has 5 rings (SSSR count). The van der Waals surface area contributed by atoms with E-state index in [4.69, 9.17) is 23.2 Å². The highest BCUT2D eigenvalue weighted by Gasteiger charge is 2.62. The number of nitrogens with zero attached hydrogens (tertiary/aromatic N) is 3. The second kappa shape index (κ2) is 8.11. The lowest BCUT2D eigenvalue weighted by Crippen LogP contribution is -2.50. The van der Waals surface area contributed by atoms with Crippen LogP contribution in [-0.4, -0.2) is 32.7 Å². The Morgan fingerprint density at radius 2 is 1.64 bits per heavy atom. The third-order valence-electron chi connectivity index (χ3n) is 7.04. The Hall–Kier alpha value is -2.97. The maximum Gasteiger partial charge on any atom is 0.273 e. The molecular weight excluding hydrogens is 469 g/mol. The number of hydrazine groups is 1. The summed E-state index contributed by atoms with van der Waals surface area (Å²) < 4.78 is 0. The number of benzene rings is 2. The predicted octanol–water partition coefficient (Wildman–Crippen LogP) is 4.49. The molecule has 33 heavy (non-hydrogen) atoms. The lowest BCUT2D eigenvalue weighted by molar-refractivity contribution is -0.384. The molecule has 4 atom stereocenters. The zero-order valence-corrected chi connectivity index (χ0v) is 18.8. The Morgan fingerprint density at radius 1 is 1.03 bits per heavy atom. The summed E-state index contributed by atoms with van der Waals surface area (Å²) in [6.45, 7) is -0.127. The fourth-order valence-electron chi connectivity index (χ4n) is 5.55. The first kappa shape index (κ1) is 21.9. The van der Waals surface area contributed by atoms with Crippen LogP contribution in [0.1, 0.15) is 35.2 Å². The molecule has 2 saturated carbocycles. The van der Waals surface area contributed by atoms with Gasteiger partial charge in [0.15, 0.2) is 0 Å². The molecule has 2 aliphatic carbocycles. The molecule has 0 unspecified atom stereocenters. The third-order valence-corrected chi connectivity index (χ3v) is 7.63. The van der Waals surface area contributed by atoms with E-state index >= 15 is 0 Å². The van der Waals surface area contributed by atoms with E-state index in [0.29, 0.717) is 15.6 Å². The number of fused-ring (bicyclic) bond motifs is 5. The van der Waals surface area contributed by atoms with Crippen LogP contribution in [0.5, 0.6) is 0 Å². The van der Waals surface area contributed by atoms with Gasteiger partial charge in [0.25, 0.3) is 23.4 Å². The van der Waals surface area contributed by atoms with Gasteiger partial charge in [-0.1, -0.05) is 29.3 Å². The molecule has 1 heterocycles. The second-order valence-corrected chi connectivity index (χ2v) is 9.62. The number of halogens is 2. The molecule has 2 aromatic rings. The summed E-state index contributed by atoms with van der Waals surface area (Å²) in [5, 5.41) is 13.8. The second-order valence-electron chi connectivity index (χ2n) is 8.78. The van der Waals surface area contributed by atoms with Gasteiger partial charge in [-0.25, -0.2) is 5.01 Å². The van der Waals surface area contributed by atoms with Gasteiger partial charge in [-0.05, 0) is 60.9 Å². The van der Waals surface area contributed by atoms with Gasteiger partial charge < -0.3 is 0 Å². The number of rotatable bonds is 5. The number of hydrogen-bond donors (Lipinski definition) is 0. The summed E-state index contributed by atoms with van der Waals surface area (Å²) in [7, 11) is 0. The zero-order valence-electron chi connectivity index (χ0n) is 17.3. The van der Waals surface area contributed by atoms with Crippen molar-refractivity contribution in [2.45, 2.75) is 25.8 Å². The summed E-state index contributed by atoms with van der Waals surface area (Å²) in [4.78, 5) is 50.8. The van der Waals surface area contributed by atoms with Crippen molar-refractivity contribution in [1.29, 1.82) is 0 Å². The summed E-state index contributed by atoms with van der Waals surface area (Å²) in [6, 6.07) is 9.82. The molecule has 1 aliphatic heterocycles. The van der Waals surface area contributed by atoms with E-state index in [-0.39, 0.29) is 41.4 Å². The molecule has 0 N–H and O–H groups in total. The van der Waals surface area contributed by atoms with E-state index in [2.05, 4.69) is 0 Å². The molecule has 0 radical (unpaired) electrons. The molecule has 170 valence electrons. The Morgan fingerprint density at radius 3 is 2.18 bits per heavy atom. The van der Waals surface area contributed by atoms with Crippen LogP contribution in [0.25, 0.3) is 0 Å².